The van der Waals surface area contributed by atoms with Crippen molar-refractivity contribution in [2.75, 3.05) is 20.1 Å². The van der Waals surface area contributed by atoms with Crippen molar-refractivity contribution < 1.29 is 0 Å². The molecule has 0 spiro atoms. The van der Waals surface area contributed by atoms with Crippen LogP contribution in [0.2, 0.25) is 0 Å². The monoisotopic (exact) mass is 170 g/mol. The lowest BCUT2D eigenvalue weighted by molar-refractivity contribution is 0.162. The fourth-order valence-electron chi connectivity index (χ4n) is 1.95. The quantitative estimate of drug-likeness (QED) is 0.675. The van der Waals surface area contributed by atoms with Gasteiger partial charge in [0.15, 0.2) is 0 Å². The molecule has 0 aromatic rings. The fourth-order valence-corrected chi connectivity index (χ4v) is 1.95. The second-order valence-electron chi connectivity index (χ2n) is 4.66. The van der Waals surface area contributed by atoms with Crippen LogP contribution in [0.25, 0.3) is 0 Å². The van der Waals surface area contributed by atoms with Gasteiger partial charge in [-0.25, -0.2) is 0 Å². The summed E-state index contributed by atoms with van der Waals surface area (Å²) in [5.41, 5.74) is 0.390. The summed E-state index contributed by atoms with van der Waals surface area (Å²) in [4.78, 5) is 2.41. The molecule has 0 bridgehead atoms. The van der Waals surface area contributed by atoms with Gasteiger partial charge in [-0.05, 0) is 39.9 Å². The van der Waals surface area contributed by atoms with E-state index < -0.39 is 0 Å². The Hall–Kier alpha value is -0.0800. The van der Waals surface area contributed by atoms with Crippen LogP contribution in [0.4, 0.5) is 0 Å². The first-order valence-electron chi connectivity index (χ1n) is 4.98. The summed E-state index contributed by atoms with van der Waals surface area (Å²) in [7, 11) is 2.20. The minimum Gasteiger partial charge on any atom is -0.309 e. The van der Waals surface area contributed by atoms with E-state index in [-0.39, 0.29) is 0 Å². The van der Waals surface area contributed by atoms with E-state index in [2.05, 4.69) is 38.0 Å². The summed E-state index contributed by atoms with van der Waals surface area (Å²) in [6.07, 6.45) is 2.56. The number of hydrogen-bond acceptors (Lipinski definition) is 2. The first kappa shape index (κ1) is 10.0. The zero-order chi connectivity index (χ0) is 9.19. The molecule has 1 N–H and O–H groups in total. The average Bonchev–Trinajstić information content (AvgIpc) is 1.94. The van der Waals surface area contributed by atoms with Gasteiger partial charge in [-0.2, -0.15) is 0 Å². The van der Waals surface area contributed by atoms with Crippen LogP contribution >= 0.6 is 0 Å². The standard InChI is InChI=1S/C10H22N2/c1-9(2)11-10(3)5-7-12(4)8-6-10/h9,11H,5-8H2,1-4H3. The van der Waals surface area contributed by atoms with Crippen LogP contribution in [0.15, 0.2) is 0 Å². The summed E-state index contributed by atoms with van der Waals surface area (Å²) in [6.45, 7) is 9.26. The highest BCUT2D eigenvalue weighted by molar-refractivity contribution is 4.89. The van der Waals surface area contributed by atoms with E-state index in [1.165, 1.54) is 25.9 Å². The lowest BCUT2D eigenvalue weighted by Crippen LogP contribution is -2.52. The van der Waals surface area contributed by atoms with Crippen LogP contribution in [-0.4, -0.2) is 36.6 Å². The second-order valence-corrected chi connectivity index (χ2v) is 4.66. The van der Waals surface area contributed by atoms with E-state index in [4.69, 9.17) is 0 Å². The first-order chi connectivity index (χ1) is 5.52. The van der Waals surface area contributed by atoms with Crippen molar-refractivity contribution in [3.63, 3.8) is 0 Å². The molecular weight excluding hydrogens is 148 g/mol. The zero-order valence-electron chi connectivity index (χ0n) is 8.85. The lowest BCUT2D eigenvalue weighted by atomic mass is 9.89. The number of rotatable bonds is 2. The van der Waals surface area contributed by atoms with Crippen LogP contribution < -0.4 is 5.32 Å². The molecule has 1 fully saturated rings. The van der Waals surface area contributed by atoms with Crippen molar-refractivity contribution in [2.45, 2.75) is 45.2 Å². The van der Waals surface area contributed by atoms with Gasteiger partial charge < -0.3 is 10.2 Å². The number of piperidine rings is 1. The second kappa shape index (κ2) is 3.75. The van der Waals surface area contributed by atoms with Gasteiger partial charge in [-0.1, -0.05) is 13.8 Å². The number of likely N-dealkylation sites (tertiary alicyclic amines) is 1. The molecule has 1 aliphatic heterocycles. The minimum atomic E-state index is 0.390. The molecule has 0 aliphatic carbocycles. The molecule has 12 heavy (non-hydrogen) atoms. The van der Waals surface area contributed by atoms with Crippen LogP contribution in [0.5, 0.6) is 0 Å². The summed E-state index contributed by atoms with van der Waals surface area (Å²) in [6, 6.07) is 0.610. The van der Waals surface area contributed by atoms with Crippen molar-refractivity contribution in [3.8, 4) is 0 Å². The average molecular weight is 170 g/mol. The molecule has 0 unspecified atom stereocenters. The van der Waals surface area contributed by atoms with Crippen molar-refractivity contribution in [2.24, 2.45) is 0 Å². The third-order valence-electron chi connectivity index (χ3n) is 2.73. The summed E-state index contributed by atoms with van der Waals surface area (Å²) in [5.74, 6) is 0. The van der Waals surface area contributed by atoms with Crippen LogP contribution in [-0.2, 0) is 0 Å². The van der Waals surface area contributed by atoms with Gasteiger partial charge in [0.2, 0.25) is 0 Å². The smallest absolute Gasteiger partial charge is 0.0180 e. The number of nitrogens with one attached hydrogen (secondary N) is 1. The Balaban J connectivity index is 2.39. The van der Waals surface area contributed by atoms with Crippen molar-refractivity contribution in [1.82, 2.24) is 10.2 Å². The molecular formula is C10H22N2. The van der Waals surface area contributed by atoms with Gasteiger partial charge in [0.1, 0.15) is 0 Å². The highest BCUT2D eigenvalue weighted by atomic mass is 15.1. The summed E-state index contributed by atoms with van der Waals surface area (Å²) >= 11 is 0. The predicted molar refractivity (Wildman–Crippen MR) is 53.4 cm³/mol. The lowest BCUT2D eigenvalue weighted by Gasteiger charge is -2.40. The number of hydrogen-bond donors (Lipinski definition) is 1. The molecule has 0 radical (unpaired) electrons. The van der Waals surface area contributed by atoms with E-state index in [9.17, 15) is 0 Å². The molecule has 2 heteroatoms. The molecule has 1 rings (SSSR count). The molecule has 72 valence electrons. The van der Waals surface area contributed by atoms with E-state index in [0.717, 1.165) is 0 Å². The maximum atomic E-state index is 3.65. The van der Waals surface area contributed by atoms with Crippen LogP contribution in [0.3, 0.4) is 0 Å². The van der Waals surface area contributed by atoms with Crippen LogP contribution in [0.1, 0.15) is 33.6 Å². The van der Waals surface area contributed by atoms with Gasteiger partial charge in [-0.15, -0.1) is 0 Å². The molecule has 0 atom stereocenters. The van der Waals surface area contributed by atoms with E-state index in [1.54, 1.807) is 0 Å². The third kappa shape index (κ3) is 2.76. The highest BCUT2D eigenvalue weighted by Crippen LogP contribution is 2.21. The Bertz CT molecular complexity index is 135. The van der Waals surface area contributed by atoms with Gasteiger partial charge in [0, 0.05) is 11.6 Å². The summed E-state index contributed by atoms with van der Waals surface area (Å²) in [5, 5.41) is 3.65. The first-order valence-corrected chi connectivity index (χ1v) is 4.98. The molecule has 0 aromatic heterocycles. The maximum absolute atomic E-state index is 3.65. The molecule has 1 saturated heterocycles. The van der Waals surface area contributed by atoms with Crippen LogP contribution in [0, 0.1) is 0 Å². The summed E-state index contributed by atoms with van der Waals surface area (Å²) < 4.78 is 0. The molecule has 0 saturated carbocycles. The Morgan fingerprint density at radius 1 is 1.25 bits per heavy atom. The molecule has 1 aliphatic rings. The van der Waals surface area contributed by atoms with Gasteiger partial charge >= 0.3 is 0 Å². The Morgan fingerprint density at radius 3 is 2.17 bits per heavy atom. The van der Waals surface area contributed by atoms with E-state index in [1.807, 2.05) is 0 Å². The molecule has 2 nitrogen and oxygen atoms in total. The largest absolute Gasteiger partial charge is 0.309 e. The Labute approximate surface area is 76.3 Å². The van der Waals surface area contributed by atoms with Gasteiger partial charge in [0.05, 0.1) is 0 Å². The predicted octanol–water partition coefficient (Wildman–Crippen LogP) is 1.47. The zero-order valence-corrected chi connectivity index (χ0v) is 8.85. The third-order valence-corrected chi connectivity index (χ3v) is 2.73. The molecule has 0 amide bonds. The van der Waals surface area contributed by atoms with Crippen molar-refractivity contribution in [3.05, 3.63) is 0 Å². The van der Waals surface area contributed by atoms with E-state index >= 15 is 0 Å². The maximum Gasteiger partial charge on any atom is 0.0180 e. The highest BCUT2D eigenvalue weighted by Gasteiger charge is 2.28. The molecule has 1 heterocycles. The van der Waals surface area contributed by atoms with Gasteiger partial charge in [-0.3, -0.25) is 0 Å². The normalized spacial score (nSPS) is 24.8. The minimum absolute atomic E-state index is 0.390. The van der Waals surface area contributed by atoms with Gasteiger partial charge in [0.25, 0.3) is 0 Å². The van der Waals surface area contributed by atoms with Crippen molar-refractivity contribution in [1.29, 1.82) is 0 Å². The fraction of sp³-hybridized carbons (Fsp3) is 1.00. The Morgan fingerprint density at radius 2 is 1.75 bits per heavy atom. The molecule has 0 aromatic carbocycles. The Kier molecular flexibility index (Phi) is 3.13. The van der Waals surface area contributed by atoms with E-state index in [0.29, 0.717) is 11.6 Å². The SMILES string of the molecule is CC(C)NC1(C)CCN(C)CC1. The topological polar surface area (TPSA) is 15.3 Å². The number of nitrogens with zero attached hydrogens (tertiary/aromatic N) is 1. The van der Waals surface area contributed by atoms with Crippen molar-refractivity contribution >= 4 is 0 Å².